The number of aliphatic hydroxyl groups is 1. The second kappa shape index (κ2) is 6.03. The Labute approximate surface area is 136 Å². The molecule has 0 spiro atoms. The molecule has 2 heterocycles. The van der Waals surface area contributed by atoms with E-state index in [9.17, 15) is 13.5 Å². The molecule has 1 aromatic heterocycles. The van der Waals surface area contributed by atoms with E-state index in [1.807, 2.05) is 26.0 Å². The molecule has 3 rings (SSSR count). The Balaban J connectivity index is 2.11. The molecule has 122 valence electrons. The first kappa shape index (κ1) is 16.1. The summed E-state index contributed by atoms with van der Waals surface area (Å²) in [6.07, 6.45) is 2.93. The average Bonchev–Trinajstić information content (AvgIpc) is 2.53. The normalized spacial score (nSPS) is 23.7. The molecule has 0 fully saturated rings. The summed E-state index contributed by atoms with van der Waals surface area (Å²) in [4.78, 5) is 4.18. The lowest BCUT2D eigenvalue weighted by atomic mass is 9.95. The maximum Gasteiger partial charge on any atom is 0.244 e. The predicted molar refractivity (Wildman–Crippen MR) is 87.3 cm³/mol. The van der Waals surface area contributed by atoms with Gasteiger partial charge >= 0.3 is 0 Å². The molecular formula is C17H20N2O3S. The van der Waals surface area contributed by atoms with Gasteiger partial charge in [0.05, 0.1) is 17.0 Å². The largest absolute Gasteiger partial charge is 0.387 e. The van der Waals surface area contributed by atoms with Crippen molar-refractivity contribution in [2.24, 2.45) is 0 Å². The van der Waals surface area contributed by atoms with Gasteiger partial charge in [0, 0.05) is 24.0 Å². The van der Waals surface area contributed by atoms with Gasteiger partial charge in [0.15, 0.2) is 0 Å². The number of benzene rings is 1. The number of hydrogen-bond acceptors (Lipinski definition) is 4. The molecule has 2 aromatic rings. The van der Waals surface area contributed by atoms with Crippen molar-refractivity contribution in [1.29, 1.82) is 0 Å². The number of rotatable bonds is 3. The van der Waals surface area contributed by atoms with Crippen LogP contribution in [0.3, 0.4) is 0 Å². The predicted octanol–water partition coefficient (Wildman–Crippen LogP) is 2.14. The van der Waals surface area contributed by atoms with Crippen LogP contribution in [-0.4, -0.2) is 34.9 Å². The van der Waals surface area contributed by atoms with Crippen LogP contribution in [0.25, 0.3) is 0 Å². The van der Waals surface area contributed by atoms with Gasteiger partial charge in [0.25, 0.3) is 0 Å². The highest BCUT2D eigenvalue weighted by molar-refractivity contribution is 7.89. The fourth-order valence-electron chi connectivity index (χ4n) is 3.22. The first-order valence-electron chi connectivity index (χ1n) is 7.62. The third kappa shape index (κ3) is 2.78. The number of nitrogens with zero attached hydrogens (tertiary/aromatic N) is 2. The standard InChI is InChI=1S/C17H20N2O3S/c1-12(2)19-15(11-13-7-9-18-10-8-13)17(20)14-5-3-4-6-16(14)23(19,21)22/h3-10,12,15,17,20H,11H2,1-2H3/t15-,17-/m0/s1. The molecule has 0 saturated carbocycles. The van der Waals surface area contributed by atoms with Crippen LogP contribution >= 0.6 is 0 Å². The van der Waals surface area contributed by atoms with E-state index in [0.717, 1.165) is 5.56 Å². The van der Waals surface area contributed by atoms with Crippen LogP contribution in [0, 0.1) is 0 Å². The fourth-order valence-corrected chi connectivity index (χ4v) is 5.29. The van der Waals surface area contributed by atoms with E-state index in [1.165, 1.54) is 4.31 Å². The Morgan fingerprint density at radius 3 is 2.48 bits per heavy atom. The molecule has 0 bridgehead atoms. The highest BCUT2D eigenvalue weighted by atomic mass is 32.2. The molecule has 1 aromatic carbocycles. The summed E-state index contributed by atoms with van der Waals surface area (Å²) in [6, 6.07) is 9.61. The zero-order chi connectivity index (χ0) is 16.6. The zero-order valence-electron chi connectivity index (χ0n) is 13.1. The van der Waals surface area contributed by atoms with Crippen LogP contribution in [0.15, 0.2) is 53.7 Å². The van der Waals surface area contributed by atoms with Crippen molar-refractivity contribution >= 4 is 10.0 Å². The molecule has 2 atom stereocenters. The molecule has 0 saturated heterocycles. The van der Waals surface area contributed by atoms with Gasteiger partial charge in [0.1, 0.15) is 0 Å². The smallest absolute Gasteiger partial charge is 0.244 e. The van der Waals surface area contributed by atoms with Crippen LogP contribution in [0.1, 0.15) is 31.1 Å². The van der Waals surface area contributed by atoms with Crippen molar-refractivity contribution in [3.8, 4) is 0 Å². The summed E-state index contributed by atoms with van der Waals surface area (Å²) in [5, 5.41) is 10.8. The number of sulfonamides is 1. The number of aromatic nitrogens is 1. The van der Waals surface area contributed by atoms with Gasteiger partial charge in [-0.3, -0.25) is 4.98 Å². The van der Waals surface area contributed by atoms with Gasteiger partial charge < -0.3 is 5.11 Å². The van der Waals surface area contributed by atoms with E-state index >= 15 is 0 Å². The highest BCUT2D eigenvalue weighted by Gasteiger charge is 2.44. The van der Waals surface area contributed by atoms with Crippen LogP contribution in [0.5, 0.6) is 0 Å². The van der Waals surface area contributed by atoms with E-state index in [4.69, 9.17) is 0 Å². The maximum atomic E-state index is 13.0. The average molecular weight is 332 g/mol. The summed E-state index contributed by atoms with van der Waals surface area (Å²) >= 11 is 0. The molecule has 6 heteroatoms. The molecule has 0 amide bonds. The zero-order valence-corrected chi connectivity index (χ0v) is 13.9. The Bertz CT molecular complexity index is 790. The second-order valence-electron chi connectivity index (χ2n) is 6.04. The van der Waals surface area contributed by atoms with E-state index in [2.05, 4.69) is 4.98 Å². The Morgan fingerprint density at radius 1 is 1.17 bits per heavy atom. The quantitative estimate of drug-likeness (QED) is 0.935. The summed E-state index contributed by atoms with van der Waals surface area (Å²) in [5.74, 6) is 0. The van der Waals surface area contributed by atoms with Crippen molar-refractivity contribution in [1.82, 2.24) is 9.29 Å². The van der Waals surface area contributed by atoms with Crippen molar-refractivity contribution < 1.29 is 13.5 Å². The molecule has 1 N–H and O–H groups in total. The van der Waals surface area contributed by atoms with E-state index in [0.29, 0.717) is 12.0 Å². The van der Waals surface area contributed by atoms with Crippen molar-refractivity contribution in [3.05, 3.63) is 59.9 Å². The first-order chi connectivity index (χ1) is 10.9. The van der Waals surface area contributed by atoms with Crippen LogP contribution in [0.4, 0.5) is 0 Å². The fraction of sp³-hybridized carbons (Fsp3) is 0.353. The Morgan fingerprint density at radius 2 is 1.83 bits per heavy atom. The van der Waals surface area contributed by atoms with E-state index < -0.39 is 22.2 Å². The minimum Gasteiger partial charge on any atom is -0.387 e. The number of fused-ring (bicyclic) bond motifs is 1. The lowest BCUT2D eigenvalue weighted by Gasteiger charge is -2.41. The molecule has 1 aliphatic rings. The Hall–Kier alpha value is -1.76. The first-order valence-corrected chi connectivity index (χ1v) is 9.06. The third-order valence-electron chi connectivity index (χ3n) is 4.19. The van der Waals surface area contributed by atoms with E-state index in [-0.39, 0.29) is 10.9 Å². The van der Waals surface area contributed by atoms with Crippen molar-refractivity contribution in [2.45, 2.75) is 43.4 Å². The van der Waals surface area contributed by atoms with Gasteiger partial charge in [-0.2, -0.15) is 4.31 Å². The molecular weight excluding hydrogens is 312 g/mol. The third-order valence-corrected chi connectivity index (χ3v) is 6.36. The topological polar surface area (TPSA) is 70.5 Å². The van der Waals surface area contributed by atoms with Crippen LogP contribution in [0.2, 0.25) is 0 Å². The second-order valence-corrected chi connectivity index (χ2v) is 7.85. The van der Waals surface area contributed by atoms with Crippen molar-refractivity contribution in [2.75, 3.05) is 0 Å². The molecule has 23 heavy (non-hydrogen) atoms. The van der Waals surface area contributed by atoms with Crippen molar-refractivity contribution in [3.63, 3.8) is 0 Å². The van der Waals surface area contributed by atoms with E-state index in [1.54, 1.807) is 36.7 Å². The molecule has 0 radical (unpaired) electrons. The maximum absolute atomic E-state index is 13.0. The van der Waals surface area contributed by atoms with Gasteiger partial charge in [0.2, 0.25) is 10.0 Å². The number of aliphatic hydroxyl groups excluding tert-OH is 1. The molecule has 0 aliphatic carbocycles. The SMILES string of the molecule is CC(C)N1[C@@H](Cc2ccncc2)[C@@H](O)c2ccccc2S1(=O)=O. The number of pyridine rings is 1. The molecule has 0 unspecified atom stereocenters. The monoisotopic (exact) mass is 332 g/mol. The lowest BCUT2D eigenvalue weighted by molar-refractivity contribution is 0.0685. The van der Waals surface area contributed by atoms with Gasteiger partial charge in [-0.1, -0.05) is 18.2 Å². The summed E-state index contributed by atoms with van der Waals surface area (Å²) in [6.45, 7) is 3.66. The Kier molecular flexibility index (Phi) is 4.23. The highest BCUT2D eigenvalue weighted by Crippen LogP contribution is 2.39. The molecule has 1 aliphatic heterocycles. The van der Waals surface area contributed by atoms with Gasteiger partial charge in [-0.25, -0.2) is 8.42 Å². The summed E-state index contributed by atoms with van der Waals surface area (Å²) in [7, 11) is -3.63. The molecule has 5 nitrogen and oxygen atoms in total. The summed E-state index contributed by atoms with van der Waals surface area (Å²) < 4.78 is 27.4. The minimum atomic E-state index is -3.63. The number of hydrogen-bond donors (Lipinski definition) is 1. The lowest BCUT2D eigenvalue weighted by Crippen LogP contribution is -2.52. The minimum absolute atomic E-state index is 0.201. The van der Waals surface area contributed by atoms with Crippen LogP contribution in [-0.2, 0) is 16.4 Å². The van der Waals surface area contributed by atoms with Crippen LogP contribution < -0.4 is 0 Å². The van der Waals surface area contributed by atoms with Gasteiger partial charge in [-0.05, 0) is 44.0 Å². The van der Waals surface area contributed by atoms with Gasteiger partial charge in [-0.15, -0.1) is 0 Å². The summed E-state index contributed by atoms with van der Waals surface area (Å²) in [5.41, 5.74) is 1.42.